The van der Waals surface area contributed by atoms with E-state index < -0.39 is 12.3 Å². The van der Waals surface area contributed by atoms with Crippen molar-refractivity contribution < 1.29 is 24.5 Å². The molecule has 0 radical (unpaired) electrons. The highest BCUT2D eigenvalue weighted by Crippen LogP contribution is 2.42. The van der Waals surface area contributed by atoms with Crippen molar-refractivity contribution in [2.45, 2.75) is 44.5 Å². The molecule has 2 N–H and O–H groups in total. The monoisotopic (exact) mass is 371 g/mol. The minimum absolute atomic E-state index is 0.0936. The van der Waals surface area contributed by atoms with Gasteiger partial charge in [-0.25, -0.2) is 0 Å². The van der Waals surface area contributed by atoms with Gasteiger partial charge in [-0.1, -0.05) is 37.1 Å². The normalized spacial score (nSPS) is 22.4. The Morgan fingerprint density at radius 1 is 1.15 bits per heavy atom. The van der Waals surface area contributed by atoms with Crippen LogP contribution < -0.4 is 0 Å². The van der Waals surface area contributed by atoms with Gasteiger partial charge in [0.05, 0.1) is 12.7 Å². The highest BCUT2D eigenvalue weighted by atomic mass is 16.7. The fraction of sp³-hybridized carbons (Fsp3) is 0.429. The van der Waals surface area contributed by atoms with Crippen molar-refractivity contribution in [2.24, 2.45) is 5.92 Å². The van der Waals surface area contributed by atoms with Crippen molar-refractivity contribution in [3.63, 3.8) is 0 Å². The summed E-state index contributed by atoms with van der Waals surface area (Å²) < 4.78 is 12.2. The Morgan fingerprint density at radius 3 is 2.74 bits per heavy atom. The number of carboxylic acid groups (broad SMARTS) is 1. The molecule has 1 saturated heterocycles. The largest absolute Gasteiger partial charge is 0.508 e. The van der Waals surface area contributed by atoms with Gasteiger partial charge in [0, 0.05) is 35.9 Å². The maximum absolute atomic E-state index is 10.6. The molecule has 2 heterocycles. The second-order valence-electron chi connectivity index (χ2n) is 6.82. The van der Waals surface area contributed by atoms with Gasteiger partial charge in [0.1, 0.15) is 5.75 Å². The van der Waals surface area contributed by atoms with Crippen LogP contribution >= 0.6 is 0 Å². The number of phenolic OH excluding ortho intramolecular Hbond substituents is 1. The number of aromatic nitrogens is 1. The number of carboxylic acids is 1. The molecular formula is C21H25NO5. The lowest BCUT2D eigenvalue weighted by Gasteiger charge is -2.37. The van der Waals surface area contributed by atoms with Crippen LogP contribution in [0, 0.1) is 5.92 Å². The molecule has 1 aliphatic rings. The molecule has 1 aromatic heterocycles. The molecule has 6 heteroatoms. The Labute approximate surface area is 158 Å². The van der Waals surface area contributed by atoms with Gasteiger partial charge in [0.25, 0.3) is 0 Å². The van der Waals surface area contributed by atoms with E-state index in [1.54, 1.807) is 24.5 Å². The SMILES string of the molecule is O=C(O)CCCCCC1COC(c2cccnc2)OC1c1ccccc1O. The second kappa shape index (κ2) is 9.48. The first-order valence-electron chi connectivity index (χ1n) is 9.32. The quantitative estimate of drug-likeness (QED) is 0.675. The van der Waals surface area contributed by atoms with Crippen LogP contribution in [0.3, 0.4) is 0 Å². The molecule has 6 nitrogen and oxygen atoms in total. The lowest BCUT2D eigenvalue weighted by Crippen LogP contribution is -2.30. The summed E-state index contributed by atoms with van der Waals surface area (Å²) >= 11 is 0. The van der Waals surface area contributed by atoms with Crippen LogP contribution in [0.4, 0.5) is 0 Å². The topological polar surface area (TPSA) is 88.9 Å². The van der Waals surface area contributed by atoms with Gasteiger partial charge in [0.15, 0.2) is 6.29 Å². The van der Waals surface area contributed by atoms with Gasteiger partial charge in [-0.15, -0.1) is 0 Å². The van der Waals surface area contributed by atoms with E-state index >= 15 is 0 Å². The van der Waals surface area contributed by atoms with Crippen LogP contribution in [0.15, 0.2) is 48.8 Å². The molecule has 0 amide bonds. The molecule has 0 saturated carbocycles. The number of aliphatic carboxylic acids is 1. The predicted molar refractivity (Wildman–Crippen MR) is 99.1 cm³/mol. The van der Waals surface area contributed by atoms with Gasteiger partial charge < -0.3 is 19.7 Å². The number of hydrogen-bond acceptors (Lipinski definition) is 5. The maximum atomic E-state index is 10.6. The summed E-state index contributed by atoms with van der Waals surface area (Å²) in [6.07, 6.45) is 6.07. The summed E-state index contributed by atoms with van der Waals surface area (Å²) in [6, 6.07) is 11.0. The summed E-state index contributed by atoms with van der Waals surface area (Å²) in [5, 5.41) is 19.1. The molecule has 2 aromatic rings. The molecule has 3 rings (SSSR count). The Morgan fingerprint density at radius 2 is 2.00 bits per heavy atom. The van der Waals surface area contributed by atoms with Gasteiger partial charge in [-0.3, -0.25) is 9.78 Å². The number of nitrogens with zero attached hydrogens (tertiary/aromatic N) is 1. The molecule has 27 heavy (non-hydrogen) atoms. The first-order valence-corrected chi connectivity index (χ1v) is 9.32. The predicted octanol–water partition coefficient (Wildman–Crippen LogP) is 4.23. The molecule has 3 unspecified atom stereocenters. The van der Waals surface area contributed by atoms with Crippen LogP contribution in [0.5, 0.6) is 5.75 Å². The summed E-state index contributed by atoms with van der Waals surface area (Å²) in [4.78, 5) is 14.8. The van der Waals surface area contributed by atoms with E-state index in [1.165, 1.54) is 0 Å². The second-order valence-corrected chi connectivity index (χ2v) is 6.82. The van der Waals surface area contributed by atoms with Crippen LogP contribution in [-0.4, -0.2) is 27.8 Å². The molecule has 1 fully saturated rings. The minimum Gasteiger partial charge on any atom is -0.508 e. The highest BCUT2D eigenvalue weighted by Gasteiger charge is 2.34. The molecule has 1 aliphatic heterocycles. The summed E-state index contributed by atoms with van der Waals surface area (Å²) in [6.45, 7) is 0.511. The maximum Gasteiger partial charge on any atom is 0.303 e. The summed E-state index contributed by atoms with van der Waals surface area (Å²) in [7, 11) is 0. The summed E-state index contributed by atoms with van der Waals surface area (Å²) in [5.41, 5.74) is 1.60. The van der Waals surface area contributed by atoms with Gasteiger partial charge in [-0.05, 0) is 25.0 Å². The van der Waals surface area contributed by atoms with Crippen molar-refractivity contribution in [1.29, 1.82) is 0 Å². The van der Waals surface area contributed by atoms with E-state index in [1.807, 2.05) is 24.3 Å². The van der Waals surface area contributed by atoms with Crippen molar-refractivity contribution in [3.05, 3.63) is 59.9 Å². The zero-order chi connectivity index (χ0) is 19.1. The lowest BCUT2D eigenvalue weighted by molar-refractivity contribution is -0.246. The highest BCUT2D eigenvalue weighted by molar-refractivity contribution is 5.66. The summed E-state index contributed by atoms with van der Waals surface area (Å²) in [5.74, 6) is -0.452. The number of unbranched alkanes of at least 4 members (excludes halogenated alkanes) is 2. The van der Waals surface area contributed by atoms with Crippen molar-refractivity contribution in [2.75, 3.05) is 6.61 Å². The molecule has 0 aliphatic carbocycles. The zero-order valence-electron chi connectivity index (χ0n) is 15.2. The molecule has 0 spiro atoms. The number of ether oxygens (including phenoxy) is 2. The third kappa shape index (κ3) is 5.28. The number of para-hydroxylation sites is 1. The molecule has 3 atom stereocenters. The number of rotatable bonds is 8. The Bertz CT molecular complexity index is 736. The van der Waals surface area contributed by atoms with Crippen LogP contribution in [0.1, 0.15) is 55.6 Å². The van der Waals surface area contributed by atoms with Gasteiger partial charge in [-0.2, -0.15) is 0 Å². The van der Waals surface area contributed by atoms with E-state index in [4.69, 9.17) is 14.6 Å². The third-order valence-corrected chi connectivity index (χ3v) is 4.83. The smallest absolute Gasteiger partial charge is 0.303 e. The van der Waals surface area contributed by atoms with Gasteiger partial charge in [0.2, 0.25) is 0 Å². The van der Waals surface area contributed by atoms with E-state index in [2.05, 4.69) is 4.98 Å². The number of phenols is 1. The number of pyridine rings is 1. The first kappa shape index (κ1) is 19.3. The Kier molecular flexibility index (Phi) is 6.79. The van der Waals surface area contributed by atoms with Crippen LogP contribution in [0.2, 0.25) is 0 Å². The Hall–Kier alpha value is -2.44. The van der Waals surface area contributed by atoms with Gasteiger partial charge >= 0.3 is 5.97 Å². The van der Waals surface area contributed by atoms with E-state index in [0.717, 1.165) is 30.4 Å². The van der Waals surface area contributed by atoms with E-state index in [0.29, 0.717) is 13.0 Å². The van der Waals surface area contributed by atoms with E-state index in [9.17, 15) is 9.90 Å². The lowest BCUT2D eigenvalue weighted by atomic mass is 9.89. The zero-order valence-corrected chi connectivity index (χ0v) is 15.2. The number of benzene rings is 1. The fourth-order valence-electron chi connectivity index (χ4n) is 3.42. The molecule has 1 aromatic carbocycles. The average Bonchev–Trinajstić information content (AvgIpc) is 2.69. The van der Waals surface area contributed by atoms with Crippen molar-refractivity contribution in [1.82, 2.24) is 4.98 Å². The molecule has 144 valence electrons. The van der Waals surface area contributed by atoms with Crippen LogP contribution in [0.25, 0.3) is 0 Å². The standard InChI is InChI=1S/C21H25NO5/c23-18-10-5-4-9-17(18)20-16(7-2-1-3-11-19(24)25)14-26-21(27-20)15-8-6-12-22-13-15/h4-6,8-10,12-13,16,20-21,23H,1-3,7,11,14H2,(H,24,25). The molecular weight excluding hydrogens is 346 g/mol. The van der Waals surface area contributed by atoms with Crippen LogP contribution in [-0.2, 0) is 14.3 Å². The fourth-order valence-corrected chi connectivity index (χ4v) is 3.42. The first-order chi connectivity index (χ1) is 13.1. The average molecular weight is 371 g/mol. The van der Waals surface area contributed by atoms with E-state index in [-0.39, 0.29) is 24.2 Å². The number of aromatic hydroxyl groups is 1. The van der Waals surface area contributed by atoms with Crippen molar-refractivity contribution >= 4 is 5.97 Å². The minimum atomic E-state index is -0.759. The van der Waals surface area contributed by atoms with Crippen molar-refractivity contribution in [3.8, 4) is 5.75 Å². The third-order valence-electron chi connectivity index (χ3n) is 4.83. The number of hydrogen-bond donors (Lipinski definition) is 2. The number of carbonyl (C=O) groups is 1. The molecule has 0 bridgehead atoms. The Balaban J connectivity index is 1.69.